The minimum Gasteiger partial charge on any atom is -0.317 e. The fraction of sp³-hybridized carbons (Fsp3) is 1.00. The summed E-state index contributed by atoms with van der Waals surface area (Å²) in [4.78, 5) is 2.68. The molecule has 0 bridgehead atoms. The summed E-state index contributed by atoms with van der Waals surface area (Å²) < 4.78 is 0. The fourth-order valence-corrected chi connectivity index (χ4v) is 2.48. The molecule has 1 rings (SSSR count). The van der Waals surface area contributed by atoms with Crippen molar-refractivity contribution in [2.45, 2.75) is 58.5 Å². The van der Waals surface area contributed by atoms with Gasteiger partial charge in [-0.25, -0.2) is 0 Å². The first-order valence-corrected chi connectivity index (χ1v) is 6.56. The van der Waals surface area contributed by atoms with E-state index in [9.17, 15) is 0 Å². The van der Waals surface area contributed by atoms with Gasteiger partial charge in [-0.15, -0.1) is 0 Å². The predicted molar refractivity (Wildman–Crippen MR) is 67.2 cm³/mol. The van der Waals surface area contributed by atoms with Gasteiger partial charge in [-0.05, 0) is 65.6 Å². The Balaban J connectivity index is 2.19. The highest BCUT2D eigenvalue weighted by molar-refractivity contribution is 4.78. The Kier molecular flexibility index (Phi) is 5.62. The molecule has 15 heavy (non-hydrogen) atoms. The normalized spacial score (nSPS) is 30.4. The van der Waals surface area contributed by atoms with E-state index >= 15 is 0 Å². The highest BCUT2D eigenvalue weighted by atomic mass is 15.2. The highest BCUT2D eigenvalue weighted by Crippen LogP contribution is 2.22. The number of rotatable bonds is 5. The third kappa shape index (κ3) is 4.12. The molecule has 1 saturated heterocycles. The zero-order valence-corrected chi connectivity index (χ0v) is 10.9. The second-order valence-electron chi connectivity index (χ2n) is 5.23. The topological polar surface area (TPSA) is 15.3 Å². The maximum atomic E-state index is 3.30. The highest BCUT2D eigenvalue weighted by Gasteiger charge is 2.23. The van der Waals surface area contributed by atoms with Gasteiger partial charge in [-0.1, -0.05) is 6.92 Å². The maximum absolute atomic E-state index is 3.30. The Hall–Kier alpha value is -0.0800. The van der Waals surface area contributed by atoms with Crippen LogP contribution in [-0.2, 0) is 0 Å². The lowest BCUT2D eigenvalue weighted by Gasteiger charge is -2.38. The summed E-state index contributed by atoms with van der Waals surface area (Å²) in [6.07, 6.45) is 5.45. The van der Waals surface area contributed by atoms with Crippen LogP contribution in [0.2, 0.25) is 0 Å². The average Bonchev–Trinajstić information content (AvgIpc) is 2.24. The van der Waals surface area contributed by atoms with Crippen LogP contribution < -0.4 is 5.32 Å². The van der Waals surface area contributed by atoms with Gasteiger partial charge >= 0.3 is 0 Å². The van der Waals surface area contributed by atoms with Crippen molar-refractivity contribution in [3.8, 4) is 0 Å². The summed E-state index contributed by atoms with van der Waals surface area (Å²) in [6, 6.07) is 1.46. The Morgan fingerprint density at radius 3 is 2.80 bits per heavy atom. The second kappa shape index (κ2) is 6.49. The summed E-state index contributed by atoms with van der Waals surface area (Å²) in [6.45, 7) is 9.66. The van der Waals surface area contributed by atoms with Gasteiger partial charge in [0, 0.05) is 12.1 Å². The van der Waals surface area contributed by atoms with Crippen LogP contribution in [0.25, 0.3) is 0 Å². The van der Waals surface area contributed by atoms with E-state index in [2.05, 4.69) is 38.0 Å². The van der Waals surface area contributed by atoms with Crippen LogP contribution in [-0.4, -0.2) is 37.1 Å². The molecule has 0 aliphatic carbocycles. The SMILES string of the molecule is CNC(C)CCCN1CCCC(C)C1C. The van der Waals surface area contributed by atoms with Crippen molar-refractivity contribution < 1.29 is 0 Å². The third-order valence-corrected chi connectivity index (χ3v) is 4.08. The van der Waals surface area contributed by atoms with Gasteiger partial charge in [0.2, 0.25) is 0 Å². The van der Waals surface area contributed by atoms with Crippen molar-refractivity contribution in [2.75, 3.05) is 20.1 Å². The lowest BCUT2D eigenvalue weighted by molar-refractivity contribution is 0.111. The summed E-state index contributed by atoms with van der Waals surface area (Å²) in [5.41, 5.74) is 0. The van der Waals surface area contributed by atoms with Crippen molar-refractivity contribution in [1.82, 2.24) is 10.2 Å². The van der Waals surface area contributed by atoms with E-state index in [1.54, 1.807) is 0 Å². The Morgan fingerprint density at radius 2 is 2.13 bits per heavy atom. The monoisotopic (exact) mass is 212 g/mol. The summed E-state index contributed by atoms with van der Waals surface area (Å²) >= 11 is 0. The van der Waals surface area contributed by atoms with Crippen LogP contribution in [0.5, 0.6) is 0 Å². The van der Waals surface area contributed by atoms with Gasteiger partial charge < -0.3 is 10.2 Å². The quantitative estimate of drug-likeness (QED) is 0.753. The average molecular weight is 212 g/mol. The van der Waals surface area contributed by atoms with E-state index in [0.717, 1.165) is 12.0 Å². The van der Waals surface area contributed by atoms with Crippen molar-refractivity contribution in [3.05, 3.63) is 0 Å². The molecule has 2 heteroatoms. The first-order chi connectivity index (χ1) is 7.15. The van der Waals surface area contributed by atoms with Gasteiger partial charge in [0.1, 0.15) is 0 Å². The molecule has 0 saturated carbocycles. The second-order valence-corrected chi connectivity index (χ2v) is 5.23. The summed E-state index contributed by atoms with van der Waals surface area (Å²) in [5.74, 6) is 0.889. The molecular weight excluding hydrogens is 184 g/mol. The number of likely N-dealkylation sites (tertiary alicyclic amines) is 1. The number of hydrogen-bond acceptors (Lipinski definition) is 2. The molecule has 90 valence electrons. The molecule has 3 unspecified atom stereocenters. The van der Waals surface area contributed by atoms with Crippen molar-refractivity contribution >= 4 is 0 Å². The molecule has 1 fully saturated rings. The third-order valence-electron chi connectivity index (χ3n) is 4.08. The zero-order valence-electron chi connectivity index (χ0n) is 10.9. The van der Waals surface area contributed by atoms with Gasteiger partial charge in [0.05, 0.1) is 0 Å². The first-order valence-electron chi connectivity index (χ1n) is 6.56. The van der Waals surface area contributed by atoms with Crippen LogP contribution in [0.3, 0.4) is 0 Å². The standard InChI is InChI=1S/C13H28N2/c1-11-7-5-9-15(13(11)3)10-6-8-12(2)14-4/h11-14H,5-10H2,1-4H3. The molecule has 1 aliphatic rings. The smallest absolute Gasteiger partial charge is 0.00925 e. The van der Waals surface area contributed by atoms with Gasteiger partial charge in [-0.2, -0.15) is 0 Å². The van der Waals surface area contributed by atoms with E-state index in [4.69, 9.17) is 0 Å². The molecule has 0 aromatic rings. The largest absolute Gasteiger partial charge is 0.317 e. The number of nitrogens with zero attached hydrogens (tertiary/aromatic N) is 1. The Morgan fingerprint density at radius 1 is 1.40 bits per heavy atom. The van der Waals surface area contributed by atoms with Crippen molar-refractivity contribution in [3.63, 3.8) is 0 Å². The van der Waals surface area contributed by atoms with Gasteiger partial charge in [0.15, 0.2) is 0 Å². The molecule has 0 aromatic carbocycles. The lowest BCUT2D eigenvalue weighted by Crippen LogP contribution is -2.43. The molecule has 0 spiro atoms. The molecule has 1 N–H and O–H groups in total. The minimum atomic E-state index is 0.669. The van der Waals surface area contributed by atoms with Crippen LogP contribution >= 0.6 is 0 Å². The number of piperidine rings is 1. The summed E-state index contributed by atoms with van der Waals surface area (Å²) in [5, 5.41) is 3.30. The Labute approximate surface area is 95.4 Å². The molecule has 0 amide bonds. The molecule has 1 heterocycles. The van der Waals surface area contributed by atoms with E-state index in [-0.39, 0.29) is 0 Å². The van der Waals surface area contributed by atoms with Crippen LogP contribution in [0.15, 0.2) is 0 Å². The van der Waals surface area contributed by atoms with E-state index in [0.29, 0.717) is 6.04 Å². The minimum absolute atomic E-state index is 0.669. The van der Waals surface area contributed by atoms with Crippen molar-refractivity contribution in [1.29, 1.82) is 0 Å². The summed E-state index contributed by atoms with van der Waals surface area (Å²) in [7, 11) is 2.05. The molecular formula is C13H28N2. The van der Waals surface area contributed by atoms with Crippen LogP contribution in [0.4, 0.5) is 0 Å². The fourth-order valence-electron chi connectivity index (χ4n) is 2.48. The predicted octanol–water partition coefficient (Wildman–Crippen LogP) is 2.49. The Bertz CT molecular complexity index is 170. The van der Waals surface area contributed by atoms with E-state index < -0.39 is 0 Å². The molecule has 3 atom stereocenters. The van der Waals surface area contributed by atoms with Gasteiger partial charge in [-0.3, -0.25) is 0 Å². The molecule has 2 nitrogen and oxygen atoms in total. The van der Waals surface area contributed by atoms with Crippen LogP contribution in [0, 0.1) is 5.92 Å². The lowest BCUT2D eigenvalue weighted by atomic mass is 9.92. The molecule has 0 aromatic heterocycles. The molecule has 1 aliphatic heterocycles. The number of hydrogen-bond donors (Lipinski definition) is 1. The first kappa shape index (κ1) is 13.0. The van der Waals surface area contributed by atoms with Gasteiger partial charge in [0.25, 0.3) is 0 Å². The van der Waals surface area contributed by atoms with E-state index in [1.165, 1.54) is 38.8 Å². The maximum Gasteiger partial charge on any atom is 0.00925 e. The molecule has 0 radical (unpaired) electrons. The zero-order chi connectivity index (χ0) is 11.3. The van der Waals surface area contributed by atoms with E-state index in [1.807, 2.05) is 0 Å². The number of nitrogens with one attached hydrogen (secondary N) is 1. The van der Waals surface area contributed by atoms with Crippen LogP contribution in [0.1, 0.15) is 46.5 Å². The van der Waals surface area contributed by atoms with Crippen molar-refractivity contribution in [2.24, 2.45) is 5.92 Å².